The van der Waals surface area contributed by atoms with Gasteiger partial charge in [-0.3, -0.25) is 10.1 Å². The van der Waals surface area contributed by atoms with E-state index in [1.165, 1.54) is 6.07 Å². The first-order valence-electron chi connectivity index (χ1n) is 5.30. The summed E-state index contributed by atoms with van der Waals surface area (Å²) in [7, 11) is 0. The van der Waals surface area contributed by atoms with Crippen LogP contribution >= 0.6 is 0 Å². The van der Waals surface area contributed by atoms with Gasteiger partial charge in [0.15, 0.2) is 0 Å². The maximum absolute atomic E-state index is 10.9. The molecule has 0 saturated carbocycles. The molecule has 6 heteroatoms. The molecule has 6 nitrogen and oxygen atoms in total. The van der Waals surface area contributed by atoms with Crippen LogP contribution in [0.2, 0.25) is 0 Å². The van der Waals surface area contributed by atoms with E-state index in [1.54, 1.807) is 12.3 Å². The molecule has 0 amide bonds. The third-order valence-electron chi connectivity index (χ3n) is 2.88. The molecule has 1 fully saturated rings. The molecule has 0 aliphatic carbocycles. The number of rotatable bonds is 3. The van der Waals surface area contributed by atoms with Gasteiger partial charge in [-0.1, -0.05) is 0 Å². The number of nitro groups is 1. The zero-order valence-corrected chi connectivity index (χ0v) is 8.87. The van der Waals surface area contributed by atoms with E-state index < -0.39 is 4.92 Å². The van der Waals surface area contributed by atoms with E-state index in [9.17, 15) is 10.1 Å². The Labute approximate surface area is 93.2 Å². The van der Waals surface area contributed by atoms with Crippen molar-refractivity contribution < 1.29 is 4.92 Å². The Balaban J connectivity index is 2.35. The Hall–Kier alpha value is -1.69. The van der Waals surface area contributed by atoms with Gasteiger partial charge in [0.25, 0.3) is 0 Å². The summed E-state index contributed by atoms with van der Waals surface area (Å²) >= 11 is 0. The Bertz CT molecular complexity index is 396. The second-order valence-electron chi connectivity index (χ2n) is 3.83. The van der Waals surface area contributed by atoms with Crippen LogP contribution in [0.4, 0.5) is 11.5 Å². The summed E-state index contributed by atoms with van der Waals surface area (Å²) in [6.07, 6.45) is 3.56. The van der Waals surface area contributed by atoms with E-state index in [2.05, 4.69) is 4.98 Å². The van der Waals surface area contributed by atoms with E-state index in [4.69, 9.17) is 5.73 Å². The van der Waals surface area contributed by atoms with E-state index in [1.807, 2.05) is 4.90 Å². The number of anilines is 1. The third-order valence-corrected chi connectivity index (χ3v) is 2.88. The minimum atomic E-state index is -0.395. The molecular formula is C10H14N4O2. The molecular weight excluding hydrogens is 208 g/mol. The van der Waals surface area contributed by atoms with Gasteiger partial charge in [0, 0.05) is 31.4 Å². The fraction of sp³-hybridized carbons (Fsp3) is 0.500. The summed E-state index contributed by atoms with van der Waals surface area (Å²) < 4.78 is 0. The highest BCUT2D eigenvalue weighted by Crippen LogP contribution is 2.30. The van der Waals surface area contributed by atoms with Crippen molar-refractivity contribution in [3.8, 4) is 0 Å². The van der Waals surface area contributed by atoms with Gasteiger partial charge < -0.3 is 10.6 Å². The first-order valence-corrected chi connectivity index (χ1v) is 5.30. The van der Waals surface area contributed by atoms with Gasteiger partial charge in [0.2, 0.25) is 5.82 Å². The molecule has 1 aromatic rings. The van der Waals surface area contributed by atoms with Crippen molar-refractivity contribution in [1.29, 1.82) is 0 Å². The fourth-order valence-corrected chi connectivity index (χ4v) is 2.11. The summed E-state index contributed by atoms with van der Waals surface area (Å²) in [6, 6.07) is 3.23. The maximum Gasteiger partial charge on any atom is 0.311 e. The maximum atomic E-state index is 10.9. The highest BCUT2D eigenvalue weighted by molar-refractivity contribution is 5.58. The van der Waals surface area contributed by atoms with Crippen LogP contribution < -0.4 is 10.6 Å². The zero-order chi connectivity index (χ0) is 11.5. The summed E-state index contributed by atoms with van der Waals surface area (Å²) in [6.45, 7) is 1.30. The van der Waals surface area contributed by atoms with Crippen molar-refractivity contribution in [3.05, 3.63) is 28.4 Å². The molecule has 2 rings (SSSR count). The van der Waals surface area contributed by atoms with Gasteiger partial charge in [-0.15, -0.1) is 0 Å². The van der Waals surface area contributed by atoms with Gasteiger partial charge in [-0.05, 0) is 18.9 Å². The van der Waals surface area contributed by atoms with Gasteiger partial charge in [0.05, 0.1) is 4.92 Å². The van der Waals surface area contributed by atoms with Gasteiger partial charge in [-0.2, -0.15) is 0 Å². The van der Waals surface area contributed by atoms with Gasteiger partial charge in [0.1, 0.15) is 0 Å². The summed E-state index contributed by atoms with van der Waals surface area (Å²) in [4.78, 5) is 16.5. The summed E-state index contributed by atoms with van der Waals surface area (Å²) in [5.74, 6) is 0.445. The first kappa shape index (κ1) is 10.8. The van der Waals surface area contributed by atoms with Crippen molar-refractivity contribution >= 4 is 11.5 Å². The molecule has 0 bridgehead atoms. The van der Waals surface area contributed by atoms with Crippen LogP contribution in [0.5, 0.6) is 0 Å². The Kier molecular flexibility index (Phi) is 3.00. The number of nitrogens with two attached hydrogens (primary N) is 1. The molecule has 16 heavy (non-hydrogen) atoms. The lowest BCUT2D eigenvalue weighted by molar-refractivity contribution is -0.384. The Morgan fingerprint density at radius 2 is 2.50 bits per heavy atom. The molecule has 1 aromatic heterocycles. The van der Waals surface area contributed by atoms with Crippen molar-refractivity contribution in [2.75, 3.05) is 18.0 Å². The third kappa shape index (κ3) is 1.83. The number of nitrogens with zero attached hydrogens (tertiary/aromatic N) is 3. The van der Waals surface area contributed by atoms with Crippen LogP contribution in [0.3, 0.4) is 0 Å². The molecule has 1 unspecified atom stereocenters. The predicted molar refractivity (Wildman–Crippen MR) is 60.3 cm³/mol. The molecule has 2 heterocycles. The monoisotopic (exact) mass is 222 g/mol. The lowest BCUT2D eigenvalue weighted by Gasteiger charge is -2.23. The van der Waals surface area contributed by atoms with E-state index >= 15 is 0 Å². The summed E-state index contributed by atoms with van der Waals surface area (Å²) in [5.41, 5.74) is 5.71. The molecule has 0 aromatic carbocycles. The average Bonchev–Trinajstić information content (AvgIpc) is 2.76. The van der Waals surface area contributed by atoms with Crippen LogP contribution in [-0.4, -0.2) is 29.0 Å². The predicted octanol–water partition coefficient (Wildman–Crippen LogP) is 0.917. The minimum absolute atomic E-state index is 0.0582. The molecule has 2 N–H and O–H groups in total. The number of hydrogen-bond acceptors (Lipinski definition) is 5. The Morgan fingerprint density at radius 1 is 1.69 bits per heavy atom. The Morgan fingerprint density at radius 3 is 3.19 bits per heavy atom. The largest absolute Gasteiger partial charge is 0.347 e. The SMILES string of the molecule is NCC1CCCN1c1ncccc1[N+](=O)[O-]. The van der Waals surface area contributed by atoms with Gasteiger partial charge in [-0.25, -0.2) is 4.98 Å². The quantitative estimate of drug-likeness (QED) is 0.607. The number of hydrogen-bond donors (Lipinski definition) is 1. The fourth-order valence-electron chi connectivity index (χ4n) is 2.11. The topological polar surface area (TPSA) is 85.3 Å². The van der Waals surface area contributed by atoms with Crippen LogP contribution in [0, 0.1) is 10.1 Å². The minimum Gasteiger partial charge on any atom is -0.347 e. The molecule has 0 radical (unpaired) electrons. The van der Waals surface area contributed by atoms with Crippen molar-refractivity contribution in [3.63, 3.8) is 0 Å². The van der Waals surface area contributed by atoms with Crippen LogP contribution in [0.25, 0.3) is 0 Å². The molecule has 1 saturated heterocycles. The standard InChI is InChI=1S/C10H14N4O2/c11-7-8-3-2-6-13(8)10-9(14(15)16)4-1-5-12-10/h1,4-5,8H,2-3,6-7,11H2. The lowest BCUT2D eigenvalue weighted by atomic mass is 10.2. The normalized spacial score (nSPS) is 20.1. The highest BCUT2D eigenvalue weighted by atomic mass is 16.6. The number of aromatic nitrogens is 1. The van der Waals surface area contributed by atoms with Crippen molar-refractivity contribution in [2.24, 2.45) is 5.73 Å². The molecule has 1 aliphatic rings. The second-order valence-corrected chi connectivity index (χ2v) is 3.83. The average molecular weight is 222 g/mol. The first-order chi connectivity index (χ1) is 7.74. The van der Waals surface area contributed by atoms with E-state index in [0.717, 1.165) is 19.4 Å². The van der Waals surface area contributed by atoms with Crippen LogP contribution in [-0.2, 0) is 0 Å². The lowest BCUT2D eigenvalue weighted by Crippen LogP contribution is -2.36. The van der Waals surface area contributed by atoms with Crippen molar-refractivity contribution in [2.45, 2.75) is 18.9 Å². The molecule has 1 aliphatic heterocycles. The van der Waals surface area contributed by atoms with Crippen LogP contribution in [0.1, 0.15) is 12.8 Å². The number of pyridine rings is 1. The van der Waals surface area contributed by atoms with E-state index in [-0.39, 0.29) is 11.7 Å². The smallest absolute Gasteiger partial charge is 0.311 e. The van der Waals surface area contributed by atoms with Gasteiger partial charge >= 0.3 is 5.69 Å². The van der Waals surface area contributed by atoms with Crippen molar-refractivity contribution in [1.82, 2.24) is 4.98 Å². The summed E-state index contributed by atoms with van der Waals surface area (Å²) in [5, 5.41) is 10.9. The molecule has 1 atom stereocenters. The zero-order valence-electron chi connectivity index (χ0n) is 8.87. The van der Waals surface area contributed by atoms with Crippen LogP contribution in [0.15, 0.2) is 18.3 Å². The molecule has 0 spiro atoms. The molecule has 86 valence electrons. The van der Waals surface area contributed by atoms with E-state index in [0.29, 0.717) is 12.4 Å². The second kappa shape index (κ2) is 4.44. The highest BCUT2D eigenvalue weighted by Gasteiger charge is 2.29.